The van der Waals surface area contributed by atoms with E-state index >= 15 is 0 Å². The van der Waals surface area contributed by atoms with E-state index in [9.17, 15) is 14.9 Å². The van der Waals surface area contributed by atoms with Crippen LogP contribution in [0.1, 0.15) is 28.8 Å². The standard InChI is InChI=1S/C13H12BrN3O3/c1-7-10(4-9(14)5-12(7)17(19)20)13(18)16-11(6-15)8-2-3-8/h4-5,8,11H,2-3H2,1H3,(H,16,18). The predicted octanol–water partition coefficient (Wildman–Crippen LogP) is 2.70. The highest BCUT2D eigenvalue weighted by molar-refractivity contribution is 9.10. The predicted molar refractivity (Wildman–Crippen MR) is 75.1 cm³/mol. The Balaban J connectivity index is 2.30. The van der Waals surface area contributed by atoms with Crippen molar-refractivity contribution < 1.29 is 9.72 Å². The van der Waals surface area contributed by atoms with E-state index < -0.39 is 16.9 Å². The van der Waals surface area contributed by atoms with Crippen LogP contribution in [0.4, 0.5) is 5.69 Å². The molecule has 1 atom stereocenters. The minimum Gasteiger partial charge on any atom is -0.336 e. The SMILES string of the molecule is Cc1c(C(=O)NC(C#N)C2CC2)cc(Br)cc1[N+](=O)[O-]. The number of nitrogens with one attached hydrogen (secondary N) is 1. The molecule has 0 saturated heterocycles. The Bertz CT molecular complexity index is 620. The van der Waals surface area contributed by atoms with Crippen LogP contribution < -0.4 is 5.32 Å². The van der Waals surface area contributed by atoms with Gasteiger partial charge in [0.1, 0.15) is 6.04 Å². The van der Waals surface area contributed by atoms with Crippen molar-refractivity contribution >= 4 is 27.5 Å². The molecule has 20 heavy (non-hydrogen) atoms. The van der Waals surface area contributed by atoms with E-state index in [1.807, 2.05) is 0 Å². The second-order valence-corrected chi connectivity index (χ2v) is 5.69. The maximum atomic E-state index is 12.2. The quantitative estimate of drug-likeness (QED) is 0.674. The zero-order valence-electron chi connectivity index (χ0n) is 10.7. The van der Waals surface area contributed by atoms with Gasteiger partial charge in [0.05, 0.1) is 16.6 Å². The Hall–Kier alpha value is -1.94. The van der Waals surface area contributed by atoms with Gasteiger partial charge in [0.25, 0.3) is 11.6 Å². The first-order valence-electron chi connectivity index (χ1n) is 6.09. The third kappa shape index (κ3) is 2.96. The average Bonchev–Trinajstić information content (AvgIpc) is 3.22. The summed E-state index contributed by atoms with van der Waals surface area (Å²) in [7, 11) is 0. The number of nitro benzene ring substituents is 1. The van der Waals surface area contributed by atoms with Crippen LogP contribution in [0.2, 0.25) is 0 Å². The van der Waals surface area contributed by atoms with Crippen LogP contribution >= 0.6 is 15.9 Å². The van der Waals surface area contributed by atoms with E-state index in [4.69, 9.17) is 5.26 Å². The lowest BCUT2D eigenvalue weighted by molar-refractivity contribution is -0.385. The fourth-order valence-corrected chi connectivity index (χ4v) is 2.44. The van der Waals surface area contributed by atoms with Gasteiger partial charge in [-0.15, -0.1) is 0 Å². The van der Waals surface area contributed by atoms with Gasteiger partial charge in [-0.05, 0) is 31.7 Å². The Labute approximate surface area is 124 Å². The molecular formula is C13H12BrN3O3. The molecule has 0 bridgehead atoms. The van der Waals surface area contributed by atoms with Crippen molar-refractivity contribution in [3.05, 3.63) is 37.8 Å². The summed E-state index contributed by atoms with van der Waals surface area (Å²) in [6.45, 7) is 1.53. The van der Waals surface area contributed by atoms with Crippen LogP contribution in [0.5, 0.6) is 0 Å². The normalized spacial score (nSPS) is 15.2. The molecule has 1 N–H and O–H groups in total. The summed E-state index contributed by atoms with van der Waals surface area (Å²) in [5.74, 6) is -0.253. The van der Waals surface area contributed by atoms with Crippen molar-refractivity contribution in [2.75, 3.05) is 0 Å². The number of nitrogens with zero attached hydrogens (tertiary/aromatic N) is 2. The molecule has 1 amide bonds. The van der Waals surface area contributed by atoms with Gasteiger partial charge in [-0.3, -0.25) is 14.9 Å². The van der Waals surface area contributed by atoms with Gasteiger partial charge in [0.2, 0.25) is 0 Å². The number of nitriles is 1. The Morgan fingerprint density at radius 1 is 1.60 bits per heavy atom. The van der Waals surface area contributed by atoms with Gasteiger partial charge < -0.3 is 5.32 Å². The molecule has 0 radical (unpaired) electrons. The maximum Gasteiger partial charge on any atom is 0.274 e. The molecule has 1 saturated carbocycles. The molecule has 1 aliphatic carbocycles. The minimum absolute atomic E-state index is 0.121. The van der Waals surface area contributed by atoms with Crippen LogP contribution in [-0.4, -0.2) is 16.9 Å². The Morgan fingerprint density at radius 2 is 2.25 bits per heavy atom. The first kappa shape index (κ1) is 14.5. The second kappa shape index (κ2) is 5.59. The molecule has 1 aromatic carbocycles. The molecule has 104 valence electrons. The van der Waals surface area contributed by atoms with Gasteiger partial charge >= 0.3 is 0 Å². The number of carbonyl (C=O) groups excluding carboxylic acids is 1. The van der Waals surface area contributed by atoms with E-state index in [1.165, 1.54) is 19.1 Å². The lowest BCUT2D eigenvalue weighted by atomic mass is 10.1. The molecule has 7 heteroatoms. The highest BCUT2D eigenvalue weighted by atomic mass is 79.9. The molecule has 1 fully saturated rings. The number of hydrogen-bond acceptors (Lipinski definition) is 4. The number of halogens is 1. The van der Waals surface area contributed by atoms with Crippen molar-refractivity contribution in [3.63, 3.8) is 0 Å². The Morgan fingerprint density at radius 3 is 2.75 bits per heavy atom. The van der Waals surface area contributed by atoms with Gasteiger partial charge in [-0.25, -0.2) is 0 Å². The number of amides is 1. The molecule has 0 aromatic heterocycles. The number of nitro groups is 1. The largest absolute Gasteiger partial charge is 0.336 e. The number of rotatable bonds is 4. The van der Waals surface area contributed by atoms with Crippen molar-refractivity contribution in [1.29, 1.82) is 5.26 Å². The lowest BCUT2D eigenvalue weighted by Gasteiger charge is -2.12. The minimum atomic E-state index is -0.528. The summed E-state index contributed by atoms with van der Waals surface area (Å²) in [6, 6.07) is 4.41. The van der Waals surface area contributed by atoms with Crippen LogP contribution in [0.25, 0.3) is 0 Å². The summed E-state index contributed by atoms with van der Waals surface area (Å²) in [5.41, 5.74) is 0.389. The van der Waals surface area contributed by atoms with Crippen LogP contribution in [-0.2, 0) is 0 Å². The molecule has 0 heterocycles. The molecule has 6 nitrogen and oxygen atoms in total. The molecule has 1 unspecified atom stereocenters. The van der Waals surface area contributed by atoms with Crippen molar-refractivity contribution in [3.8, 4) is 6.07 Å². The van der Waals surface area contributed by atoms with Gasteiger partial charge in [-0.1, -0.05) is 15.9 Å². The van der Waals surface area contributed by atoms with Crippen molar-refractivity contribution in [2.45, 2.75) is 25.8 Å². The molecule has 0 aliphatic heterocycles. The van der Waals surface area contributed by atoms with E-state index in [0.717, 1.165) is 12.8 Å². The van der Waals surface area contributed by atoms with Crippen molar-refractivity contribution in [1.82, 2.24) is 5.32 Å². The van der Waals surface area contributed by atoms with Crippen LogP contribution in [0.3, 0.4) is 0 Å². The van der Waals surface area contributed by atoms with Gasteiger partial charge in [0, 0.05) is 16.1 Å². The fourth-order valence-electron chi connectivity index (χ4n) is 1.99. The number of hydrogen-bond donors (Lipinski definition) is 1. The third-order valence-corrected chi connectivity index (χ3v) is 3.76. The number of benzene rings is 1. The van der Waals surface area contributed by atoms with Crippen LogP contribution in [0, 0.1) is 34.3 Å². The van der Waals surface area contributed by atoms with Crippen molar-refractivity contribution in [2.24, 2.45) is 5.92 Å². The van der Waals surface area contributed by atoms with E-state index in [-0.39, 0.29) is 17.2 Å². The second-order valence-electron chi connectivity index (χ2n) is 4.77. The molecule has 1 aliphatic rings. The zero-order chi connectivity index (χ0) is 14.9. The monoisotopic (exact) mass is 337 g/mol. The van der Waals surface area contributed by atoms with Gasteiger partial charge in [0.15, 0.2) is 0 Å². The highest BCUT2D eigenvalue weighted by Crippen LogP contribution is 2.33. The lowest BCUT2D eigenvalue weighted by Crippen LogP contribution is -2.35. The molecular weight excluding hydrogens is 326 g/mol. The molecule has 1 aromatic rings. The fraction of sp³-hybridized carbons (Fsp3) is 0.385. The maximum absolute atomic E-state index is 12.2. The summed E-state index contributed by atoms with van der Waals surface area (Å²) >= 11 is 3.16. The van der Waals surface area contributed by atoms with E-state index in [2.05, 4.69) is 27.3 Å². The third-order valence-electron chi connectivity index (χ3n) is 3.31. The Kier molecular flexibility index (Phi) is 4.04. The zero-order valence-corrected chi connectivity index (χ0v) is 12.3. The first-order valence-corrected chi connectivity index (χ1v) is 6.88. The van der Waals surface area contributed by atoms with Gasteiger partial charge in [-0.2, -0.15) is 5.26 Å². The van der Waals surface area contributed by atoms with E-state index in [0.29, 0.717) is 10.0 Å². The van der Waals surface area contributed by atoms with E-state index in [1.54, 1.807) is 0 Å². The summed E-state index contributed by atoms with van der Waals surface area (Å²) in [5, 5.41) is 22.6. The first-order chi connectivity index (χ1) is 9.43. The summed E-state index contributed by atoms with van der Waals surface area (Å²) in [6.07, 6.45) is 1.85. The van der Waals surface area contributed by atoms with Crippen LogP contribution in [0.15, 0.2) is 16.6 Å². The number of carbonyl (C=O) groups is 1. The molecule has 0 spiro atoms. The smallest absolute Gasteiger partial charge is 0.274 e. The average molecular weight is 338 g/mol. The highest BCUT2D eigenvalue weighted by Gasteiger charge is 2.33. The summed E-state index contributed by atoms with van der Waals surface area (Å²) in [4.78, 5) is 22.6. The topological polar surface area (TPSA) is 96.0 Å². The molecule has 2 rings (SSSR count). The summed E-state index contributed by atoms with van der Waals surface area (Å²) < 4.78 is 0.458.